The van der Waals surface area contributed by atoms with Gasteiger partial charge in [0.15, 0.2) is 0 Å². The predicted octanol–water partition coefficient (Wildman–Crippen LogP) is 2.26. The van der Waals surface area contributed by atoms with Gasteiger partial charge in [-0.1, -0.05) is 12.1 Å². The maximum absolute atomic E-state index is 11.0. The van der Waals surface area contributed by atoms with Gasteiger partial charge in [-0.3, -0.25) is 0 Å². The first-order valence-corrected chi connectivity index (χ1v) is 5.62. The number of nitrogens with one attached hydrogen (secondary N) is 1. The summed E-state index contributed by atoms with van der Waals surface area (Å²) in [6, 6.07) is 12.2. The lowest BCUT2D eigenvalue weighted by Gasteiger charge is -2.08. The summed E-state index contributed by atoms with van der Waals surface area (Å²) < 4.78 is 0. The molecule has 0 aliphatic rings. The molecule has 0 spiro atoms. The molecule has 1 aromatic carbocycles. The highest BCUT2D eigenvalue weighted by Crippen LogP contribution is 2.13. The number of benzene rings is 1. The summed E-state index contributed by atoms with van der Waals surface area (Å²) in [4.78, 5) is 15.0. The second kappa shape index (κ2) is 5.65. The molecule has 19 heavy (non-hydrogen) atoms. The number of hydrogen-bond donors (Lipinski definition) is 2. The highest BCUT2D eigenvalue weighted by atomic mass is 16.4. The monoisotopic (exact) mass is 253 g/mol. The number of nitriles is 1. The van der Waals surface area contributed by atoms with Crippen molar-refractivity contribution in [2.45, 2.75) is 6.54 Å². The van der Waals surface area contributed by atoms with E-state index >= 15 is 0 Å². The zero-order chi connectivity index (χ0) is 13.7. The number of carbonyl (C=O) groups is 1. The van der Waals surface area contributed by atoms with E-state index in [-0.39, 0.29) is 5.56 Å². The maximum Gasteiger partial charge on any atom is 0.339 e. The van der Waals surface area contributed by atoms with Crippen LogP contribution >= 0.6 is 0 Å². The number of rotatable bonds is 4. The molecule has 2 N–H and O–H groups in total. The fraction of sp³-hybridized carbons (Fsp3) is 0.0714. The van der Waals surface area contributed by atoms with Gasteiger partial charge in [-0.15, -0.1) is 0 Å². The van der Waals surface area contributed by atoms with Crippen molar-refractivity contribution in [1.29, 1.82) is 5.26 Å². The zero-order valence-electron chi connectivity index (χ0n) is 10.00. The molecule has 0 atom stereocenters. The van der Waals surface area contributed by atoms with Crippen LogP contribution in [0, 0.1) is 11.3 Å². The van der Waals surface area contributed by atoms with E-state index in [1.807, 2.05) is 18.2 Å². The Morgan fingerprint density at radius 2 is 2.05 bits per heavy atom. The van der Waals surface area contributed by atoms with E-state index in [9.17, 15) is 4.79 Å². The molecule has 2 rings (SSSR count). The molecule has 0 saturated heterocycles. The largest absolute Gasteiger partial charge is 0.478 e. The van der Waals surface area contributed by atoms with Crippen molar-refractivity contribution in [3.05, 3.63) is 59.3 Å². The van der Waals surface area contributed by atoms with E-state index in [1.54, 1.807) is 18.2 Å². The molecule has 0 amide bonds. The molecule has 94 valence electrons. The van der Waals surface area contributed by atoms with Crippen molar-refractivity contribution < 1.29 is 9.90 Å². The van der Waals surface area contributed by atoms with E-state index < -0.39 is 5.97 Å². The lowest BCUT2D eigenvalue weighted by atomic mass is 10.1. The third-order valence-corrected chi connectivity index (χ3v) is 2.58. The molecule has 5 heteroatoms. The Hall–Kier alpha value is -2.87. The number of pyridine rings is 1. The number of aromatic nitrogens is 1. The quantitative estimate of drug-likeness (QED) is 0.872. The Morgan fingerprint density at radius 3 is 2.68 bits per heavy atom. The Kier molecular flexibility index (Phi) is 3.74. The van der Waals surface area contributed by atoms with Crippen LogP contribution in [0.1, 0.15) is 21.5 Å². The van der Waals surface area contributed by atoms with Crippen LogP contribution < -0.4 is 5.32 Å². The van der Waals surface area contributed by atoms with Gasteiger partial charge in [-0.2, -0.15) is 5.26 Å². The van der Waals surface area contributed by atoms with Gasteiger partial charge >= 0.3 is 5.97 Å². The number of hydrogen-bond acceptors (Lipinski definition) is 4. The second-order valence-corrected chi connectivity index (χ2v) is 3.87. The number of anilines is 1. The van der Waals surface area contributed by atoms with Gasteiger partial charge in [-0.05, 0) is 29.8 Å². The average molecular weight is 253 g/mol. The van der Waals surface area contributed by atoms with Crippen molar-refractivity contribution >= 4 is 11.8 Å². The Balaban J connectivity index is 2.10. The molecule has 0 radical (unpaired) electrons. The van der Waals surface area contributed by atoms with E-state index in [0.717, 1.165) is 5.56 Å². The van der Waals surface area contributed by atoms with Crippen LogP contribution in [0.2, 0.25) is 0 Å². The summed E-state index contributed by atoms with van der Waals surface area (Å²) in [6.07, 6.45) is 1.54. The molecule has 1 heterocycles. The second-order valence-electron chi connectivity index (χ2n) is 3.87. The van der Waals surface area contributed by atoms with Crippen molar-refractivity contribution in [3.8, 4) is 6.07 Å². The Labute approximate surface area is 110 Å². The van der Waals surface area contributed by atoms with Crippen LogP contribution in [0.15, 0.2) is 42.6 Å². The highest BCUT2D eigenvalue weighted by Gasteiger charge is 2.09. The van der Waals surface area contributed by atoms with Crippen LogP contribution in [0.3, 0.4) is 0 Å². The first-order valence-electron chi connectivity index (χ1n) is 5.62. The summed E-state index contributed by atoms with van der Waals surface area (Å²) in [7, 11) is 0. The molecule has 1 aromatic heterocycles. The molecule has 2 aromatic rings. The first-order chi connectivity index (χ1) is 9.20. The minimum atomic E-state index is -1.02. The predicted molar refractivity (Wildman–Crippen MR) is 69.7 cm³/mol. The van der Waals surface area contributed by atoms with Gasteiger partial charge in [0.2, 0.25) is 0 Å². The molecular formula is C14H11N3O2. The minimum Gasteiger partial charge on any atom is -0.478 e. The number of nitrogens with zero attached hydrogens (tertiary/aromatic N) is 2. The fourth-order valence-corrected chi connectivity index (χ4v) is 1.60. The van der Waals surface area contributed by atoms with Crippen LogP contribution in [-0.2, 0) is 6.54 Å². The molecular weight excluding hydrogens is 242 g/mol. The molecule has 0 aliphatic carbocycles. The summed E-state index contributed by atoms with van der Waals surface area (Å²) >= 11 is 0. The van der Waals surface area contributed by atoms with Crippen LogP contribution in [0.4, 0.5) is 5.82 Å². The van der Waals surface area contributed by atoms with Crippen LogP contribution in [0.25, 0.3) is 0 Å². The number of aromatic carboxylic acids is 1. The molecule has 0 bridgehead atoms. The Bertz CT molecular complexity index is 630. The molecule has 0 saturated carbocycles. The SMILES string of the molecule is N#Cc1ccc(CNc2ncccc2C(=O)O)cc1. The zero-order valence-corrected chi connectivity index (χ0v) is 10.00. The normalized spacial score (nSPS) is 9.63. The summed E-state index contributed by atoms with van der Waals surface area (Å²) in [6.45, 7) is 0.447. The van der Waals surface area contributed by atoms with E-state index in [1.165, 1.54) is 12.3 Å². The van der Waals surface area contributed by atoms with E-state index in [0.29, 0.717) is 17.9 Å². The standard InChI is InChI=1S/C14H11N3O2/c15-8-10-3-5-11(6-4-10)9-17-13-12(14(18)19)2-1-7-16-13/h1-7H,9H2,(H,16,17)(H,18,19). The van der Waals surface area contributed by atoms with E-state index in [2.05, 4.69) is 10.3 Å². The number of carboxylic acids is 1. The van der Waals surface area contributed by atoms with Gasteiger partial charge in [0.1, 0.15) is 11.4 Å². The molecule has 0 fully saturated rings. The summed E-state index contributed by atoms with van der Waals surface area (Å²) in [5.74, 6) is -0.685. The van der Waals surface area contributed by atoms with Crippen molar-refractivity contribution in [1.82, 2.24) is 4.98 Å². The van der Waals surface area contributed by atoms with Gasteiger partial charge in [0.05, 0.1) is 11.6 Å². The third-order valence-electron chi connectivity index (χ3n) is 2.58. The fourth-order valence-electron chi connectivity index (χ4n) is 1.60. The van der Waals surface area contributed by atoms with E-state index in [4.69, 9.17) is 10.4 Å². The lowest BCUT2D eigenvalue weighted by Crippen LogP contribution is -2.08. The maximum atomic E-state index is 11.0. The van der Waals surface area contributed by atoms with Crippen molar-refractivity contribution in [2.75, 3.05) is 5.32 Å². The lowest BCUT2D eigenvalue weighted by molar-refractivity contribution is 0.0697. The van der Waals surface area contributed by atoms with Crippen LogP contribution in [0.5, 0.6) is 0 Å². The highest BCUT2D eigenvalue weighted by molar-refractivity contribution is 5.92. The average Bonchev–Trinajstić information content (AvgIpc) is 2.46. The van der Waals surface area contributed by atoms with Gasteiger partial charge in [0, 0.05) is 12.7 Å². The Morgan fingerprint density at radius 1 is 1.32 bits per heavy atom. The number of carboxylic acid groups (broad SMARTS) is 1. The summed E-state index contributed by atoms with van der Waals surface area (Å²) in [5, 5.41) is 20.7. The van der Waals surface area contributed by atoms with Gasteiger partial charge in [-0.25, -0.2) is 9.78 Å². The van der Waals surface area contributed by atoms with Crippen LogP contribution in [-0.4, -0.2) is 16.1 Å². The van der Waals surface area contributed by atoms with Gasteiger partial charge in [0.25, 0.3) is 0 Å². The first kappa shape index (κ1) is 12.6. The molecule has 0 unspecified atom stereocenters. The van der Waals surface area contributed by atoms with Crippen molar-refractivity contribution in [2.24, 2.45) is 0 Å². The smallest absolute Gasteiger partial charge is 0.339 e. The van der Waals surface area contributed by atoms with Crippen molar-refractivity contribution in [3.63, 3.8) is 0 Å². The van der Waals surface area contributed by atoms with Gasteiger partial charge < -0.3 is 10.4 Å². The minimum absolute atomic E-state index is 0.135. The molecule has 0 aliphatic heterocycles. The third kappa shape index (κ3) is 3.07. The topological polar surface area (TPSA) is 86.0 Å². The molecule has 5 nitrogen and oxygen atoms in total. The summed E-state index contributed by atoms with van der Waals surface area (Å²) in [5.41, 5.74) is 1.67.